The van der Waals surface area contributed by atoms with Crippen LogP contribution in [0.2, 0.25) is 0 Å². The fourth-order valence-corrected chi connectivity index (χ4v) is 2.51. The Morgan fingerprint density at radius 2 is 1.77 bits per heavy atom. The third-order valence-corrected chi connectivity index (χ3v) is 3.72. The number of nitrogens with one attached hydrogen (secondary N) is 1. The molecule has 0 saturated carbocycles. The van der Waals surface area contributed by atoms with Crippen LogP contribution in [0, 0.1) is 5.92 Å². The first kappa shape index (κ1) is 16.3. The number of hydrogen-bond acceptors (Lipinski definition) is 4. The van der Waals surface area contributed by atoms with E-state index in [-0.39, 0.29) is 24.0 Å². The molecule has 4 nitrogen and oxygen atoms in total. The third-order valence-electron chi connectivity index (χ3n) is 3.72. The van der Waals surface area contributed by atoms with Crippen LogP contribution in [-0.2, 0) is 13.0 Å². The van der Waals surface area contributed by atoms with Gasteiger partial charge in [0.2, 0.25) is 0 Å². The lowest BCUT2D eigenvalue weighted by Gasteiger charge is -2.17. The predicted molar refractivity (Wildman–Crippen MR) is 86.8 cm³/mol. The van der Waals surface area contributed by atoms with Crippen molar-refractivity contribution in [2.75, 3.05) is 13.2 Å². The monoisotopic (exact) mass is 301 g/mol. The molecule has 2 aromatic carbocycles. The van der Waals surface area contributed by atoms with E-state index in [1.54, 1.807) is 12.1 Å². The maximum absolute atomic E-state index is 9.87. The second-order valence-corrected chi connectivity index (χ2v) is 5.51. The lowest BCUT2D eigenvalue weighted by atomic mass is 9.95. The summed E-state index contributed by atoms with van der Waals surface area (Å²) in [4.78, 5) is 0. The second-order valence-electron chi connectivity index (χ2n) is 5.51. The lowest BCUT2D eigenvalue weighted by molar-refractivity contribution is 0.252. The van der Waals surface area contributed by atoms with Crippen LogP contribution in [0.25, 0.3) is 0 Å². The predicted octanol–water partition coefficient (Wildman–Crippen LogP) is 2.43. The van der Waals surface area contributed by atoms with Crippen LogP contribution < -0.4 is 5.32 Å². The Hall–Kier alpha value is -2.04. The summed E-state index contributed by atoms with van der Waals surface area (Å²) < 4.78 is 0. The van der Waals surface area contributed by atoms with Crippen molar-refractivity contribution in [3.8, 4) is 11.5 Å². The third kappa shape index (κ3) is 5.06. The number of phenolic OH excluding ortho intramolecular Hbond substituents is 2. The Bertz CT molecular complexity index is 572. The molecule has 2 rings (SSSR count). The highest BCUT2D eigenvalue weighted by Gasteiger charge is 2.12. The van der Waals surface area contributed by atoms with Gasteiger partial charge in [-0.25, -0.2) is 0 Å². The van der Waals surface area contributed by atoms with E-state index in [9.17, 15) is 15.3 Å². The minimum absolute atomic E-state index is 0.0576. The highest BCUT2D eigenvalue weighted by Crippen LogP contribution is 2.25. The van der Waals surface area contributed by atoms with Gasteiger partial charge in [0.1, 0.15) is 11.5 Å². The molecule has 0 heterocycles. The quantitative estimate of drug-likeness (QED) is 0.604. The minimum atomic E-state index is 0.0576. The molecule has 118 valence electrons. The molecular formula is C18H23NO3. The first-order valence-electron chi connectivity index (χ1n) is 7.55. The molecule has 0 radical (unpaired) electrons. The van der Waals surface area contributed by atoms with Crippen molar-refractivity contribution in [1.82, 2.24) is 5.32 Å². The fourth-order valence-electron chi connectivity index (χ4n) is 2.51. The zero-order valence-electron chi connectivity index (χ0n) is 12.6. The van der Waals surface area contributed by atoms with Gasteiger partial charge in [0.15, 0.2) is 0 Å². The van der Waals surface area contributed by atoms with Gasteiger partial charge in [-0.2, -0.15) is 0 Å². The number of rotatable bonds is 8. The summed E-state index contributed by atoms with van der Waals surface area (Å²) in [7, 11) is 0. The topological polar surface area (TPSA) is 72.7 Å². The molecule has 0 amide bonds. The molecule has 4 N–H and O–H groups in total. The molecule has 0 bridgehead atoms. The van der Waals surface area contributed by atoms with Gasteiger partial charge in [-0.1, -0.05) is 36.4 Å². The summed E-state index contributed by atoms with van der Waals surface area (Å²) in [5.74, 6) is 0.386. The number of aliphatic hydroxyl groups excluding tert-OH is 1. The average molecular weight is 301 g/mol. The van der Waals surface area contributed by atoms with Crippen molar-refractivity contribution < 1.29 is 15.3 Å². The second kappa shape index (κ2) is 8.41. The van der Waals surface area contributed by atoms with Crippen LogP contribution in [0.5, 0.6) is 11.5 Å². The van der Waals surface area contributed by atoms with E-state index in [1.807, 2.05) is 18.2 Å². The van der Waals surface area contributed by atoms with Gasteiger partial charge in [-0.3, -0.25) is 0 Å². The molecule has 1 unspecified atom stereocenters. The van der Waals surface area contributed by atoms with Crippen molar-refractivity contribution in [3.63, 3.8) is 0 Å². The van der Waals surface area contributed by atoms with Gasteiger partial charge in [0.05, 0.1) is 0 Å². The lowest BCUT2D eigenvalue weighted by Crippen LogP contribution is -2.25. The molecule has 0 saturated heterocycles. The van der Waals surface area contributed by atoms with Gasteiger partial charge < -0.3 is 20.6 Å². The van der Waals surface area contributed by atoms with Crippen molar-refractivity contribution in [2.45, 2.75) is 19.4 Å². The molecule has 2 aromatic rings. The first-order valence-corrected chi connectivity index (χ1v) is 7.55. The summed E-state index contributed by atoms with van der Waals surface area (Å²) in [5.41, 5.74) is 2.01. The van der Waals surface area contributed by atoms with Crippen molar-refractivity contribution in [1.29, 1.82) is 0 Å². The van der Waals surface area contributed by atoms with Gasteiger partial charge in [0.25, 0.3) is 0 Å². The van der Waals surface area contributed by atoms with Crippen LogP contribution in [-0.4, -0.2) is 28.5 Å². The maximum Gasteiger partial charge on any atom is 0.122 e. The molecule has 22 heavy (non-hydrogen) atoms. The average Bonchev–Trinajstić information content (AvgIpc) is 2.51. The largest absolute Gasteiger partial charge is 0.508 e. The fraction of sp³-hybridized carbons (Fsp3) is 0.333. The van der Waals surface area contributed by atoms with E-state index in [0.717, 1.165) is 18.7 Å². The molecule has 1 atom stereocenters. The Morgan fingerprint density at radius 3 is 2.45 bits per heavy atom. The highest BCUT2D eigenvalue weighted by atomic mass is 16.3. The normalized spacial score (nSPS) is 12.2. The summed E-state index contributed by atoms with van der Waals surface area (Å²) in [6.45, 7) is 1.66. The van der Waals surface area contributed by atoms with Crippen LogP contribution in [0.1, 0.15) is 17.5 Å². The summed E-state index contributed by atoms with van der Waals surface area (Å²) >= 11 is 0. The van der Waals surface area contributed by atoms with E-state index in [4.69, 9.17) is 0 Å². The van der Waals surface area contributed by atoms with Crippen molar-refractivity contribution in [2.24, 2.45) is 5.92 Å². The number of benzene rings is 2. The number of aliphatic hydroxyl groups is 1. The van der Waals surface area contributed by atoms with Gasteiger partial charge in [-0.15, -0.1) is 0 Å². The number of aromatic hydroxyl groups is 2. The SMILES string of the molecule is OCCC(CNCc1ccccc1)Cc1ccc(O)cc1O. The number of hydrogen-bond donors (Lipinski definition) is 4. The van der Waals surface area contributed by atoms with E-state index in [1.165, 1.54) is 11.6 Å². The zero-order valence-corrected chi connectivity index (χ0v) is 12.6. The summed E-state index contributed by atoms with van der Waals surface area (Å²) in [5, 5.41) is 31.8. The van der Waals surface area contributed by atoms with Crippen LogP contribution in [0.15, 0.2) is 48.5 Å². The van der Waals surface area contributed by atoms with Crippen molar-refractivity contribution >= 4 is 0 Å². The molecule has 0 aliphatic heterocycles. The number of phenols is 2. The highest BCUT2D eigenvalue weighted by molar-refractivity contribution is 5.39. The molecular weight excluding hydrogens is 278 g/mol. The Morgan fingerprint density at radius 1 is 1.00 bits per heavy atom. The Kier molecular flexibility index (Phi) is 6.25. The van der Waals surface area contributed by atoms with Crippen LogP contribution >= 0.6 is 0 Å². The molecule has 4 heteroatoms. The van der Waals surface area contributed by atoms with E-state index < -0.39 is 0 Å². The standard InChI is InChI=1S/C18H23NO3/c20-9-8-15(10-16-6-7-17(21)11-18(16)22)13-19-12-14-4-2-1-3-5-14/h1-7,11,15,19-22H,8-10,12-13H2. The van der Waals surface area contributed by atoms with Crippen LogP contribution in [0.3, 0.4) is 0 Å². The van der Waals surface area contributed by atoms with Gasteiger partial charge >= 0.3 is 0 Å². The minimum Gasteiger partial charge on any atom is -0.508 e. The molecule has 0 aromatic heterocycles. The summed E-state index contributed by atoms with van der Waals surface area (Å²) in [6, 6.07) is 14.8. The molecule has 0 spiro atoms. The first-order chi connectivity index (χ1) is 10.7. The van der Waals surface area contributed by atoms with E-state index in [2.05, 4.69) is 17.4 Å². The Balaban J connectivity index is 1.89. The summed E-state index contributed by atoms with van der Waals surface area (Å²) in [6.07, 6.45) is 1.33. The van der Waals surface area contributed by atoms with E-state index in [0.29, 0.717) is 12.8 Å². The smallest absolute Gasteiger partial charge is 0.122 e. The Labute approximate surface area is 131 Å². The van der Waals surface area contributed by atoms with Gasteiger partial charge in [0, 0.05) is 19.2 Å². The van der Waals surface area contributed by atoms with Crippen molar-refractivity contribution in [3.05, 3.63) is 59.7 Å². The zero-order chi connectivity index (χ0) is 15.8. The van der Waals surface area contributed by atoms with E-state index >= 15 is 0 Å². The maximum atomic E-state index is 9.87. The van der Waals surface area contributed by atoms with Gasteiger partial charge in [-0.05, 0) is 42.5 Å². The molecule has 0 aliphatic rings. The molecule has 0 fully saturated rings. The molecule has 0 aliphatic carbocycles. The van der Waals surface area contributed by atoms with Crippen LogP contribution in [0.4, 0.5) is 0 Å².